The van der Waals surface area contributed by atoms with Crippen molar-refractivity contribution in [1.29, 1.82) is 0 Å². The molecule has 5 fully saturated rings. The van der Waals surface area contributed by atoms with Gasteiger partial charge in [0.15, 0.2) is 5.54 Å². The molecule has 3 saturated heterocycles. The topological polar surface area (TPSA) is 3.01 Å². The molecule has 26 heavy (non-hydrogen) atoms. The maximum absolute atomic E-state index is 14.6. The van der Waals surface area contributed by atoms with E-state index < -0.39 is 56.0 Å². The average Bonchev–Trinajstić information content (AvgIpc) is 2.71. The zero-order valence-corrected chi connectivity index (χ0v) is 16.7. The van der Waals surface area contributed by atoms with Crippen molar-refractivity contribution in [3.8, 4) is 0 Å². The molecule has 5 aliphatic rings. The molecule has 0 N–H and O–H groups in total. The van der Waals surface area contributed by atoms with Gasteiger partial charge in [-0.3, -0.25) is 4.90 Å². The molecule has 2 aliphatic carbocycles. The van der Waals surface area contributed by atoms with Crippen molar-refractivity contribution in [2.24, 2.45) is 27.1 Å². The van der Waals surface area contributed by atoms with Gasteiger partial charge >= 0.3 is 12.4 Å². The van der Waals surface area contributed by atoms with Crippen molar-refractivity contribution in [3.05, 3.63) is 0 Å². The van der Waals surface area contributed by atoms with E-state index >= 15 is 0 Å². The van der Waals surface area contributed by atoms with E-state index in [0.717, 1.165) is 0 Å². The van der Waals surface area contributed by atoms with E-state index in [9.17, 15) is 26.3 Å². The van der Waals surface area contributed by atoms with Crippen LogP contribution in [0.5, 0.6) is 0 Å². The molecule has 0 radical (unpaired) electrons. The highest BCUT2D eigenvalue weighted by Crippen LogP contribution is 3.24. The molecule has 0 aromatic carbocycles. The molecule has 6 unspecified atom stereocenters. The van der Waals surface area contributed by atoms with Crippen molar-refractivity contribution >= 4 is 0 Å². The molecular weight excluding hydrogens is 356 g/mol. The minimum atomic E-state index is -4.92. The van der Waals surface area contributed by atoms with Crippen LogP contribution in [0.25, 0.3) is 0 Å². The second-order valence-electron chi connectivity index (χ2n) is 11.7. The zero-order chi connectivity index (χ0) is 20.6. The maximum Gasteiger partial charge on any atom is 0.409 e. The third-order valence-electron chi connectivity index (χ3n) is 8.28. The van der Waals surface area contributed by atoms with Crippen LogP contribution < -0.4 is 0 Å². The first-order valence-corrected chi connectivity index (χ1v) is 9.05. The van der Waals surface area contributed by atoms with Crippen molar-refractivity contribution in [3.63, 3.8) is 0 Å². The van der Waals surface area contributed by atoms with Gasteiger partial charge < -0.3 is 0 Å². The van der Waals surface area contributed by atoms with Gasteiger partial charge in [-0.15, -0.1) is 0 Å². The number of piperidine rings is 1. The molecule has 1 nitrogen and oxygen atoms in total. The standard InChI is InChI=1S/C19H27F6N/c1-10(2,3)13-14(18(20,21)22)15(13,11(4,5)6)26-16(13,12(7,8)9)17(14,26)19(23,24)25/h1-9H3. The lowest BCUT2D eigenvalue weighted by Crippen LogP contribution is -2.72. The van der Waals surface area contributed by atoms with E-state index in [0.29, 0.717) is 0 Å². The largest absolute Gasteiger partial charge is 0.409 e. The number of hydrogen-bond donors (Lipinski definition) is 0. The SMILES string of the molecule is CC(C)(C)C12N3C1(C(F)(F)F)C1(C(F)(F)F)C3(C(C)(C)C)C21C(C)(C)C. The summed E-state index contributed by atoms with van der Waals surface area (Å²) in [7, 11) is 0. The van der Waals surface area contributed by atoms with Crippen molar-refractivity contribution in [1.82, 2.24) is 4.90 Å². The Morgan fingerprint density at radius 2 is 0.846 bits per heavy atom. The summed E-state index contributed by atoms with van der Waals surface area (Å²) in [5, 5.41) is 0. The first-order chi connectivity index (χ1) is 11.1. The summed E-state index contributed by atoms with van der Waals surface area (Å²) in [6, 6.07) is 0. The van der Waals surface area contributed by atoms with E-state index in [2.05, 4.69) is 0 Å². The lowest BCUT2D eigenvalue weighted by atomic mass is 9.42. The van der Waals surface area contributed by atoms with Gasteiger partial charge in [0.1, 0.15) is 5.41 Å². The molecule has 3 aliphatic heterocycles. The Balaban J connectivity index is 2.13. The number of nitrogens with zero attached hydrogens (tertiary/aromatic N) is 1. The first kappa shape index (κ1) is 18.9. The molecule has 0 amide bonds. The summed E-state index contributed by atoms with van der Waals surface area (Å²) in [4.78, 5) is 1.23. The lowest BCUT2D eigenvalue weighted by Gasteiger charge is -2.60. The van der Waals surface area contributed by atoms with E-state index in [4.69, 9.17) is 0 Å². The van der Waals surface area contributed by atoms with E-state index in [-0.39, 0.29) is 0 Å². The van der Waals surface area contributed by atoms with Crippen molar-refractivity contribution in [2.45, 2.75) is 91.3 Å². The fourth-order valence-corrected chi connectivity index (χ4v) is 9.24. The molecule has 3 heterocycles. The summed E-state index contributed by atoms with van der Waals surface area (Å²) in [6.07, 6.45) is -9.83. The van der Waals surface area contributed by atoms with Gasteiger partial charge in [0.05, 0.1) is 11.1 Å². The minimum absolute atomic E-state index is 0.912. The molecule has 0 aromatic rings. The molecule has 0 bridgehead atoms. The van der Waals surface area contributed by atoms with Gasteiger partial charge in [-0.25, -0.2) is 0 Å². The third kappa shape index (κ3) is 0.944. The number of alkyl halides is 6. The van der Waals surface area contributed by atoms with Crippen LogP contribution in [-0.4, -0.2) is 33.9 Å². The van der Waals surface area contributed by atoms with Gasteiger partial charge in [0.25, 0.3) is 0 Å². The molecular formula is C19H27F6N. The van der Waals surface area contributed by atoms with E-state index in [1.165, 1.54) is 4.90 Å². The second kappa shape index (κ2) is 3.48. The van der Waals surface area contributed by atoms with Crippen LogP contribution in [0.2, 0.25) is 0 Å². The Labute approximate surface area is 150 Å². The van der Waals surface area contributed by atoms with Crippen LogP contribution in [0.3, 0.4) is 0 Å². The number of halogens is 6. The van der Waals surface area contributed by atoms with E-state index in [1.54, 1.807) is 62.3 Å². The average molecular weight is 383 g/mol. The third-order valence-corrected chi connectivity index (χ3v) is 8.28. The number of rotatable bonds is 0. The van der Waals surface area contributed by atoms with Crippen LogP contribution in [0.4, 0.5) is 26.3 Å². The number of hydrogen-bond acceptors (Lipinski definition) is 1. The quantitative estimate of drug-likeness (QED) is 0.378. The molecule has 6 atom stereocenters. The molecule has 2 saturated carbocycles. The van der Waals surface area contributed by atoms with E-state index in [1.807, 2.05) is 0 Å². The van der Waals surface area contributed by atoms with Crippen LogP contribution in [0.1, 0.15) is 62.3 Å². The highest BCUT2D eigenvalue weighted by atomic mass is 19.4. The molecule has 150 valence electrons. The predicted molar refractivity (Wildman–Crippen MR) is 85.4 cm³/mol. The Morgan fingerprint density at radius 1 is 0.462 bits per heavy atom. The Hall–Kier alpha value is -0.460. The van der Waals surface area contributed by atoms with Crippen LogP contribution in [0, 0.1) is 27.1 Å². The smallest absolute Gasteiger partial charge is 0.270 e. The molecule has 0 aromatic heterocycles. The monoisotopic (exact) mass is 383 g/mol. The van der Waals surface area contributed by atoms with Gasteiger partial charge in [-0.05, 0) is 16.2 Å². The van der Waals surface area contributed by atoms with Gasteiger partial charge in [0, 0.05) is 5.41 Å². The summed E-state index contributed by atoms with van der Waals surface area (Å²) < 4.78 is 86.8. The Kier molecular flexibility index (Phi) is 2.52. The minimum Gasteiger partial charge on any atom is -0.270 e. The van der Waals surface area contributed by atoms with Crippen LogP contribution in [0.15, 0.2) is 0 Å². The van der Waals surface area contributed by atoms with Gasteiger partial charge in [0.2, 0.25) is 0 Å². The second-order valence-corrected chi connectivity index (χ2v) is 11.7. The maximum atomic E-state index is 14.6. The summed E-state index contributed by atoms with van der Waals surface area (Å²) in [5.74, 6) is 0. The first-order valence-electron chi connectivity index (χ1n) is 9.05. The zero-order valence-electron chi connectivity index (χ0n) is 16.7. The van der Waals surface area contributed by atoms with Gasteiger partial charge in [-0.2, -0.15) is 26.3 Å². The summed E-state index contributed by atoms with van der Waals surface area (Å²) in [6.45, 7) is 15.0. The molecule has 5 rings (SSSR count). The summed E-state index contributed by atoms with van der Waals surface area (Å²) in [5.41, 5.74) is -12.7. The van der Waals surface area contributed by atoms with Crippen LogP contribution >= 0.6 is 0 Å². The normalized spacial score (nSPS) is 52.0. The van der Waals surface area contributed by atoms with Crippen LogP contribution in [-0.2, 0) is 0 Å². The highest BCUT2D eigenvalue weighted by molar-refractivity contribution is 5.87. The summed E-state index contributed by atoms with van der Waals surface area (Å²) >= 11 is 0. The van der Waals surface area contributed by atoms with Crippen molar-refractivity contribution < 1.29 is 26.3 Å². The fourth-order valence-electron chi connectivity index (χ4n) is 9.24. The predicted octanol–water partition coefficient (Wildman–Crippen LogP) is 5.79. The van der Waals surface area contributed by atoms with Crippen molar-refractivity contribution in [2.75, 3.05) is 0 Å². The molecule has 0 spiro atoms. The highest BCUT2D eigenvalue weighted by Gasteiger charge is 3.41. The molecule has 7 heteroatoms. The lowest BCUT2D eigenvalue weighted by molar-refractivity contribution is -0.326. The Morgan fingerprint density at radius 3 is 1.08 bits per heavy atom. The fraction of sp³-hybridized carbons (Fsp3) is 1.00. The van der Waals surface area contributed by atoms with Gasteiger partial charge in [-0.1, -0.05) is 62.3 Å². The Bertz CT molecular complexity index is 640.